The maximum atomic E-state index is 5.16. The van der Waals surface area contributed by atoms with Gasteiger partial charge in [0.2, 0.25) is 0 Å². The average Bonchev–Trinajstić information content (AvgIpc) is 1.91. The quantitative estimate of drug-likeness (QED) is 0.680. The Balaban J connectivity index is 3.09. The second-order valence-electron chi connectivity index (χ2n) is 1.78. The van der Waals surface area contributed by atoms with Crippen LogP contribution in [0.25, 0.3) is 0 Å². The Labute approximate surface area is 65.6 Å². The summed E-state index contributed by atoms with van der Waals surface area (Å²) in [7, 11) is 3.50. The number of rotatable bonds is 5. The van der Waals surface area contributed by atoms with E-state index in [9.17, 15) is 0 Å². The van der Waals surface area contributed by atoms with E-state index in [4.69, 9.17) is 6.03 Å². The van der Waals surface area contributed by atoms with Crippen molar-refractivity contribution in [2.24, 2.45) is 0 Å². The summed E-state index contributed by atoms with van der Waals surface area (Å²) in [4.78, 5) is 0. The zero-order chi connectivity index (χ0) is 7.11. The van der Waals surface area contributed by atoms with Crippen molar-refractivity contribution >= 4 is 21.1 Å². The van der Waals surface area contributed by atoms with Crippen molar-refractivity contribution in [3.63, 3.8) is 0 Å². The molecule has 2 nitrogen and oxygen atoms in total. The third-order valence-corrected chi connectivity index (χ3v) is 5.37. The Kier molecular flexibility index (Phi) is 7.41. The molecule has 0 saturated heterocycles. The maximum absolute atomic E-state index is 5.16. The van der Waals surface area contributed by atoms with E-state index in [1.54, 1.807) is 14.2 Å². The molecule has 0 saturated carbocycles. The molecule has 0 N–H and O–H groups in total. The summed E-state index contributed by atoms with van der Waals surface area (Å²) in [6, 6.07) is 0. The molecule has 0 fully saturated rings. The van der Waals surface area contributed by atoms with Crippen LogP contribution in [0.2, 0.25) is 4.37 Å². The minimum atomic E-state index is -1.60. The first kappa shape index (κ1) is 9.74. The van der Waals surface area contributed by atoms with Crippen LogP contribution < -0.4 is 0 Å². The molecule has 0 amide bonds. The van der Waals surface area contributed by atoms with Gasteiger partial charge < -0.3 is 0 Å². The van der Waals surface area contributed by atoms with Crippen LogP contribution in [0.4, 0.5) is 0 Å². The van der Waals surface area contributed by atoms with Gasteiger partial charge >= 0.3 is 65.4 Å². The van der Waals surface area contributed by atoms with Gasteiger partial charge in [0, 0.05) is 0 Å². The molecule has 0 radical (unpaired) electrons. The van der Waals surface area contributed by atoms with Crippen LogP contribution in [0.1, 0.15) is 19.8 Å². The van der Waals surface area contributed by atoms with Crippen molar-refractivity contribution < 1.29 is 6.03 Å². The molecule has 0 unspecified atom stereocenters. The van der Waals surface area contributed by atoms with Crippen LogP contribution in [0.3, 0.4) is 0 Å². The van der Waals surface area contributed by atoms with Crippen molar-refractivity contribution in [3.05, 3.63) is 0 Å². The molecular weight excluding hydrogens is 226 g/mol. The predicted molar refractivity (Wildman–Crippen MR) is 39.5 cm³/mol. The first-order chi connectivity index (χ1) is 4.35. The summed E-state index contributed by atoms with van der Waals surface area (Å²) in [5.74, 6) is 0. The molecule has 0 spiro atoms. The Hall–Kier alpha value is 0.738. The van der Waals surface area contributed by atoms with E-state index in [0.717, 1.165) is 0 Å². The molecule has 0 bridgehead atoms. The first-order valence-corrected chi connectivity index (χ1v) is 7.09. The fraction of sp³-hybridized carbons (Fsp3) is 1.00. The molecule has 0 aliphatic heterocycles. The molecule has 0 heterocycles. The van der Waals surface area contributed by atoms with E-state index in [1.165, 1.54) is 17.2 Å². The van der Waals surface area contributed by atoms with Crippen molar-refractivity contribution in [3.8, 4) is 0 Å². The predicted octanol–water partition coefficient (Wildman–Crippen LogP) is 1.57. The van der Waals surface area contributed by atoms with Gasteiger partial charge in [0.25, 0.3) is 0 Å². The molecule has 3 heteroatoms. The molecule has 0 atom stereocenters. The fourth-order valence-electron chi connectivity index (χ4n) is 0.544. The Morgan fingerprint density at radius 1 is 1.22 bits per heavy atom. The molecule has 0 rings (SSSR count). The van der Waals surface area contributed by atoms with Crippen molar-refractivity contribution in [1.82, 2.24) is 0 Å². The normalized spacial score (nSPS) is 10.7. The second-order valence-corrected chi connectivity index (χ2v) is 7.04. The van der Waals surface area contributed by atoms with E-state index in [2.05, 4.69) is 6.92 Å². The third kappa shape index (κ3) is 5.20. The summed E-state index contributed by atoms with van der Waals surface area (Å²) in [5, 5.41) is 0. The van der Waals surface area contributed by atoms with Crippen molar-refractivity contribution in [1.29, 1.82) is 0 Å². The molecule has 9 heavy (non-hydrogen) atoms. The molecule has 0 aliphatic carbocycles. The van der Waals surface area contributed by atoms with Crippen LogP contribution in [-0.2, 0) is 6.03 Å². The zero-order valence-corrected chi connectivity index (χ0v) is 8.94. The summed E-state index contributed by atoms with van der Waals surface area (Å²) in [6.07, 6.45) is 2.50. The zero-order valence-electron chi connectivity index (χ0n) is 6.39. The SMILES string of the molecule is CCC[CH2][Sb]([O]C)[O]C. The number of hydrogen-bond acceptors (Lipinski definition) is 2. The van der Waals surface area contributed by atoms with Crippen LogP contribution in [0.5, 0.6) is 0 Å². The monoisotopic (exact) mass is 240 g/mol. The summed E-state index contributed by atoms with van der Waals surface area (Å²) in [5.41, 5.74) is 0. The van der Waals surface area contributed by atoms with Crippen LogP contribution in [0, 0.1) is 0 Å². The summed E-state index contributed by atoms with van der Waals surface area (Å²) >= 11 is -1.60. The standard InChI is InChI=1S/C4H9.2CH3O.Sb/c1-3-4-2;2*1-2;/h1,3-4H2,2H3;2*1H3;/q;2*-1;+2. The molecule has 0 aromatic carbocycles. The molecule has 0 aromatic rings. The van der Waals surface area contributed by atoms with E-state index in [0.29, 0.717) is 0 Å². The van der Waals surface area contributed by atoms with Crippen LogP contribution >= 0.6 is 0 Å². The Morgan fingerprint density at radius 2 is 1.78 bits per heavy atom. The van der Waals surface area contributed by atoms with Gasteiger partial charge in [-0.1, -0.05) is 0 Å². The van der Waals surface area contributed by atoms with Crippen molar-refractivity contribution in [2.45, 2.75) is 24.1 Å². The second kappa shape index (κ2) is 6.85. The van der Waals surface area contributed by atoms with E-state index in [-0.39, 0.29) is 0 Å². The van der Waals surface area contributed by atoms with Gasteiger partial charge in [0.1, 0.15) is 0 Å². The van der Waals surface area contributed by atoms with Gasteiger partial charge in [-0.3, -0.25) is 0 Å². The summed E-state index contributed by atoms with van der Waals surface area (Å²) in [6.45, 7) is 2.18. The molecule has 0 aromatic heterocycles. The van der Waals surface area contributed by atoms with E-state index < -0.39 is 21.1 Å². The van der Waals surface area contributed by atoms with E-state index >= 15 is 0 Å². The van der Waals surface area contributed by atoms with Gasteiger partial charge in [0.05, 0.1) is 0 Å². The van der Waals surface area contributed by atoms with E-state index in [1.807, 2.05) is 0 Å². The molecular formula is C6H15O2Sb. The fourth-order valence-corrected chi connectivity index (χ4v) is 3.65. The topological polar surface area (TPSA) is 18.5 Å². The minimum absolute atomic E-state index is 1.19. The first-order valence-electron chi connectivity index (χ1n) is 3.20. The van der Waals surface area contributed by atoms with Gasteiger partial charge in [-0.15, -0.1) is 0 Å². The Morgan fingerprint density at radius 3 is 2.11 bits per heavy atom. The Bertz CT molecular complexity index is 55.0. The molecule has 56 valence electrons. The van der Waals surface area contributed by atoms with Crippen molar-refractivity contribution in [2.75, 3.05) is 14.2 Å². The van der Waals surface area contributed by atoms with Crippen LogP contribution in [-0.4, -0.2) is 35.3 Å². The molecule has 0 aliphatic rings. The average molecular weight is 241 g/mol. The number of hydrogen-bond donors (Lipinski definition) is 0. The van der Waals surface area contributed by atoms with Gasteiger partial charge in [-0.05, 0) is 0 Å². The van der Waals surface area contributed by atoms with Gasteiger partial charge in [-0.25, -0.2) is 0 Å². The summed E-state index contributed by atoms with van der Waals surface area (Å²) < 4.78 is 11.5. The number of unbranched alkanes of at least 4 members (excludes halogenated alkanes) is 1. The third-order valence-electron chi connectivity index (χ3n) is 1.10. The van der Waals surface area contributed by atoms with Gasteiger partial charge in [0.15, 0.2) is 0 Å². The van der Waals surface area contributed by atoms with Crippen LogP contribution in [0.15, 0.2) is 0 Å². The van der Waals surface area contributed by atoms with Gasteiger partial charge in [-0.2, -0.15) is 0 Å².